The standard InChI is InChI=1S/C19H17N3O3/c23-17-15(16-14-9-5-4-6-12(14)10-11-20-16)18(24)22(19(25)21-17)13-7-2-1-3-8-13/h1-9,16,20,24H,10-11H2,(H,21,23,25)/t16-/m0/s1. The number of nitrogens with zero attached hydrogens (tertiary/aromatic N) is 1. The van der Waals surface area contributed by atoms with Crippen LogP contribution in [0.4, 0.5) is 0 Å². The maximum Gasteiger partial charge on any atom is 0.335 e. The molecule has 2 heterocycles. The van der Waals surface area contributed by atoms with Crippen molar-refractivity contribution in [1.29, 1.82) is 0 Å². The fourth-order valence-corrected chi connectivity index (χ4v) is 3.38. The van der Waals surface area contributed by atoms with Crippen LogP contribution >= 0.6 is 0 Å². The van der Waals surface area contributed by atoms with Crippen LogP contribution < -0.4 is 16.6 Å². The summed E-state index contributed by atoms with van der Waals surface area (Å²) in [6.07, 6.45) is 0.851. The first-order valence-electron chi connectivity index (χ1n) is 8.11. The van der Waals surface area contributed by atoms with E-state index in [1.54, 1.807) is 24.3 Å². The summed E-state index contributed by atoms with van der Waals surface area (Å²) >= 11 is 0. The number of hydrogen-bond donors (Lipinski definition) is 3. The summed E-state index contributed by atoms with van der Waals surface area (Å²) in [5.74, 6) is -0.339. The molecule has 6 nitrogen and oxygen atoms in total. The lowest BCUT2D eigenvalue weighted by Gasteiger charge is -2.27. The molecule has 0 fully saturated rings. The number of rotatable bonds is 2. The molecular formula is C19H17N3O3. The van der Waals surface area contributed by atoms with Gasteiger partial charge in [-0.3, -0.25) is 9.78 Å². The Hall–Kier alpha value is -3.12. The van der Waals surface area contributed by atoms with Crippen molar-refractivity contribution in [1.82, 2.24) is 14.9 Å². The largest absolute Gasteiger partial charge is 0.494 e. The minimum absolute atomic E-state index is 0.149. The Kier molecular flexibility index (Phi) is 3.74. The average molecular weight is 335 g/mol. The van der Waals surface area contributed by atoms with E-state index in [9.17, 15) is 14.7 Å². The smallest absolute Gasteiger partial charge is 0.335 e. The number of H-pyrrole nitrogens is 1. The summed E-state index contributed by atoms with van der Waals surface area (Å²) in [6.45, 7) is 0.686. The van der Waals surface area contributed by atoms with Gasteiger partial charge in [-0.25, -0.2) is 9.36 Å². The van der Waals surface area contributed by atoms with Crippen molar-refractivity contribution in [2.45, 2.75) is 12.5 Å². The Morgan fingerprint density at radius 1 is 1.00 bits per heavy atom. The molecule has 0 radical (unpaired) electrons. The predicted molar refractivity (Wildman–Crippen MR) is 94.3 cm³/mol. The molecule has 6 heteroatoms. The number of fused-ring (bicyclic) bond motifs is 1. The van der Waals surface area contributed by atoms with Crippen molar-refractivity contribution in [3.05, 3.63) is 92.1 Å². The maximum atomic E-state index is 12.5. The lowest BCUT2D eigenvalue weighted by atomic mass is 9.90. The molecule has 4 rings (SSSR count). The Bertz CT molecular complexity index is 1040. The molecule has 25 heavy (non-hydrogen) atoms. The molecule has 3 aromatic rings. The number of para-hydroxylation sites is 1. The van der Waals surface area contributed by atoms with Crippen molar-refractivity contribution in [3.8, 4) is 11.6 Å². The van der Waals surface area contributed by atoms with Gasteiger partial charge in [-0.1, -0.05) is 42.5 Å². The van der Waals surface area contributed by atoms with Crippen LogP contribution in [0.15, 0.2) is 64.2 Å². The number of aromatic amines is 1. The van der Waals surface area contributed by atoms with E-state index in [4.69, 9.17) is 0 Å². The predicted octanol–water partition coefficient (Wildman–Crippen LogP) is 1.47. The summed E-state index contributed by atoms with van der Waals surface area (Å²) in [5, 5.41) is 14.1. The number of nitrogens with one attached hydrogen (secondary N) is 2. The van der Waals surface area contributed by atoms with Crippen molar-refractivity contribution >= 4 is 0 Å². The van der Waals surface area contributed by atoms with Gasteiger partial charge in [0.1, 0.15) is 0 Å². The molecule has 3 N–H and O–H groups in total. The zero-order valence-corrected chi connectivity index (χ0v) is 13.4. The van der Waals surface area contributed by atoms with Gasteiger partial charge < -0.3 is 10.4 Å². The first kappa shape index (κ1) is 15.4. The number of hydrogen-bond acceptors (Lipinski definition) is 4. The van der Waals surface area contributed by atoms with E-state index in [-0.39, 0.29) is 11.4 Å². The van der Waals surface area contributed by atoms with E-state index in [0.29, 0.717) is 12.2 Å². The van der Waals surface area contributed by atoms with Crippen LogP contribution in [-0.4, -0.2) is 21.2 Å². The molecular weight excluding hydrogens is 318 g/mol. The number of benzene rings is 2. The maximum absolute atomic E-state index is 12.5. The quantitative estimate of drug-likeness (QED) is 0.662. The highest BCUT2D eigenvalue weighted by Crippen LogP contribution is 2.31. The Morgan fingerprint density at radius 2 is 1.72 bits per heavy atom. The summed E-state index contributed by atoms with van der Waals surface area (Å²) in [6, 6.07) is 16.1. The van der Waals surface area contributed by atoms with Gasteiger partial charge in [-0.15, -0.1) is 0 Å². The van der Waals surface area contributed by atoms with Crippen molar-refractivity contribution in [3.63, 3.8) is 0 Å². The van der Waals surface area contributed by atoms with Crippen LogP contribution in [0.3, 0.4) is 0 Å². The van der Waals surface area contributed by atoms with Gasteiger partial charge in [0.25, 0.3) is 5.56 Å². The van der Waals surface area contributed by atoms with Crippen LogP contribution in [0.5, 0.6) is 5.88 Å². The SMILES string of the molecule is O=c1[nH]c(=O)n(-c2ccccc2)c(O)c1[C@H]1NCCc2ccccc21. The molecule has 0 saturated heterocycles. The first-order valence-corrected chi connectivity index (χ1v) is 8.11. The van der Waals surface area contributed by atoms with E-state index in [1.807, 2.05) is 30.3 Å². The highest BCUT2D eigenvalue weighted by Gasteiger charge is 2.28. The highest BCUT2D eigenvalue weighted by molar-refractivity contribution is 5.45. The lowest BCUT2D eigenvalue weighted by molar-refractivity contribution is 0.410. The Morgan fingerprint density at radius 3 is 2.52 bits per heavy atom. The second-order valence-electron chi connectivity index (χ2n) is 6.00. The third-order valence-electron chi connectivity index (χ3n) is 4.53. The van der Waals surface area contributed by atoms with Gasteiger partial charge in [0.2, 0.25) is 5.88 Å². The summed E-state index contributed by atoms with van der Waals surface area (Å²) in [7, 11) is 0. The third kappa shape index (κ3) is 2.56. The molecule has 1 aliphatic rings. The molecule has 0 bridgehead atoms. The van der Waals surface area contributed by atoms with Gasteiger partial charge in [-0.05, 0) is 29.7 Å². The van der Waals surface area contributed by atoms with Gasteiger partial charge in [-0.2, -0.15) is 0 Å². The van der Waals surface area contributed by atoms with E-state index in [2.05, 4.69) is 10.3 Å². The molecule has 1 aliphatic heterocycles. The molecule has 0 spiro atoms. The zero-order chi connectivity index (χ0) is 17.4. The van der Waals surface area contributed by atoms with Crippen molar-refractivity contribution in [2.24, 2.45) is 0 Å². The molecule has 126 valence electrons. The second kappa shape index (κ2) is 6.07. The average Bonchev–Trinajstić information content (AvgIpc) is 2.62. The van der Waals surface area contributed by atoms with E-state index in [1.165, 1.54) is 0 Å². The normalized spacial score (nSPS) is 16.4. The third-order valence-corrected chi connectivity index (χ3v) is 4.53. The monoisotopic (exact) mass is 335 g/mol. The molecule has 0 amide bonds. The first-order chi connectivity index (χ1) is 12.2. The molecule has 0 unspecified atom stereocenters. The Balaban J connectivity index is 1.96. The van der Waals surface area contributed by atoms with Crippen LogP contribution in [0.25, 0.3) is 5.69 Å². The van der Waals surface area contributed by atoms with E-state index < -0.39 is 17.3 Å². The van der Waals surface area contributed by atoms with Crippen LogP contribution in [0, 0.1) is 0 Å². The molecule has 1 atom stereocenters. The van der Waals surface area contributed by atoms with Crippen molar-refractivity contribution in [2.75, 3.05) is 6.54 Å². The number of aromatic hydroxyl groups is 1. The van der Waals surface area contributed by atoms with Gasteiger partial charge in [0.05, 0.1) is 17.3 Å². The highest BCUT2D eigenvalue weighted by atomic mass is 16.3. The molecule has 0 aliphatic carbocycles. The number of aromatic nitrogens is 2. The topological polar surface area (TPSA) is 87.1 Å². The summed E-state index contributed by atoms with van der Waals surface area (Å²) < 4.78 is 1.12. The van der Waals surface area contributed by atoms with Gasteiger partial charge >= 0.3 is 5.69 Å². The Labute approximate surface area is 143 Å². The lowest BCUT2D eigenvalue weighted by Crippen LogP contribution is -2.38. The zero-order valence-electron chi connectivity index (χ0n) is 13.4. The van der Waals surface area contributed by atoms with Crippen LogP contribution in [-0.2, 0) is 6.42 Å². The second-order valence-corrected chi connectivity index (χ2v) is 6.00. The fourth-order valence-electron chi connectivity index (χ4n) is 3.38. The summed E-state index contributed by atoms with van der Waals surface area (Å²) in [4.78, 5) is 27.1. The minimum atomic E-state index is -0.665. The van der Waals surface area contributed by atoms with Gasteiger partial charge in [0, 0.05) is 6.54 Å². The van der Waals surface area contributed by atoms with E-state index in [0.717, 1.165) is 22.1 Å². The fraction of sp³-hybridized carbons (Fsp3) is 0.158. The van der Waals surface area contributed by atoms with E-state index >= 15 is 0 Å². The molecule has 2 aromatic carbocycles. The van der Waals surface area contributed by atoms with Gasteiger partial charge in [0.15, 0.2) is 0 Å². The van der Waals surface area contributed by atoms with Crippen molar-refractivity contribution < 1.29 is 5.11 Å². The van der Waals surface area contributed by atoms with Crippen LogP contribution in [0.2, 0.25) is 0 Å². The molecule has 1 aromatic heterocycles. The molecule has 0 saturated carbocycles. The minimum Gasteiger partial charge on any atom is -0.494 e. The van der Waals surface area contributed by atoms with Crippen LogP contribution in [0.1, 0.15) is 22.7 Å². The summed E-state index contributed by atoms with van der Waals surface area (Å²) in [5.41, 5.74) is 1.46.